The average Bonchev–Trinajstić information content (AvgIpc) is 2.56. The third-order valence-corrected chi connectivity index (χ3v) is 3.26. The van der Waals surface area contributed by atoms with Gasteiger partial charge in [0.25, 0.3) is 5.56 Å². The molecule has 1 amide bonds. The largest absolute Gasteiger partial charge is 0.452 e. The van der Waals surface area contributed by atoms with Crippen molar-refractivity contribution in [2.24, 2.45) is 0 Å². The van der Waals surface area contributed by atoms with Gasteiger partial charge in [0.1, 0.15) is 11.3 Å². The van der Waals surface area contributed by atoms with Crippen LogP contribution in [0.1, 0.15) is 20.8 Å². The van der Waals surface area contributed by atoms with Crippen LogP contribution in [0.3, 0.4) is 0 Å². The summed E-state index contributed by atoms with van der Waals surface area (Å²) in [5.74, 6) is -0.650. The summed E-state index contributed by atoms with van der Waals surface area (Å²) in [6, 6.07) is 5.21. The van der Waals surface area contributed by atoms with Gasteiger partial charge in [-0.2, -0.15) is 0 Å². The molecule has 0 aliphatic carbocycles. The van der Waals surface area contributed by atoms with Crippen LogP contribution in [0.15, 0.2) is 41.5 Å². The van der Waals surface area contributed by atoms with Gasteiger partial charge >= 0.3 is 6.09 Å². The number of carbonyl (C=O) groups excluding carboxylic acids is 1. The van der Waals surface area contributed by atoms with Crippen LogP contribution >= 0.6 is 0 Å². The van der Waals surface area contributed by atoms with E-state index in [0.29, 0.717) is 0 Å². The number of pyridine rings is 1. The van der Waals surface area contributed by atoms with Gasteiger partial charge in [0.05, 0.1) is 6.20 Å². The molecule has 0 radical (unpaired) electrons. The molecular weight excluding hydrogens is 355 g/mol. The van der Waals surface area contributed by atoms with Crippen molar-refractivity contribution in [3.05, 3.63) is 52.8 Å². The molecule has 0 aliphatic rings. The number of carbonyl (C=O) groups is 1. The van der Waals surface area contributed by atoms with Crippen LogP contribution < -0.4 is 20.3 Å². The van der Waals surface area contributed by atoms with E-state index >= 15 is 0 Å². The van der Waals surface area contributed by atoms with Gasteiger partial charge in [0, 0.05) is 23.9 Å². The molecule has 27 heavy (non-hydrogen) atoms. The summed E-state index contributed by atoms with van der Waals surface area (Å²) in [5.41, 5.74) is -0.415. The first-order valence-electron chi connectivity index (χ1n) is 8.03. The molecule has 0 spiro atoms. The van der Waals surface area contributed by atoms with E-state index in [4.69, 9.17) is 9.47 Å². The molecule has 0 saturated carbocycles. The van der Waals surface area contributed by atoms with Crippen molar-refractivity contribution in [2.75, 3.05) is 0 Å². The Morgan fingerprint density at radius 1 is 1.19 bits per heavy atom. The lowest BCUT2D eigenvalue weighted by Gasteiger charge is -2.19. The summed E-state index contributed by atoms with van der Waals surface area (Å²) < 4.78 is 24.9. The Labute approximate surface area is 153 Å². The highest BCUT2D eigenvalue weighted by atomic mass is 19.1. The first-order chi connectivity index (χ1) is 12.7. The maximum Gasteiger partial charge on any atom is 0.413 e. The normalized spacial score (nSPS) is 11.3. The predicted molar refractivity (Wildman–Crippen MR) is 95.5 cm³/mol. The van der Waals surface area contributed by atoms with E-state index in [1.165, 1.54) is 24.4 Å². The van der Waals surface area contributed by atoms with Crippen molar-refractivity contribution < 1.29 is 18.7 Å². The molecule has 2 N–H and O–H groups in total. The van der Waals surface area contributed by atoms with E-state index in [0.717, 1.165) is 12.3 Å². The van der Waals surface area contributed by atoms with Crippen LogP contribution in [-0.2, 0) is 0 Å². The number of fused-ring (bicyclic) bond motifs is 1. The number of amides is 1. The van der Waals surface area contributed by atoms with Gasteiger partial charge in [-0.1, -0.05) is 0 Å². The number of H-pyrrole nitrogens is 1. The number of ether oxygens (including phenoxy) is 2. The molecule has 0 aliphatic heterocycles. The zero-order chi connectivity index (χ0) is 19.6. The van der Waals surface area contributed by atoms with Gasteiger partial charge < -0.3 is 19.8 Å². The molecule has 0 unspecified atom stereocenters. The number of aromatic amines is 1. The molecule has 8 nitrogen and oxygen atoms in total. The third kappa shape index (κ3) is 4.57. The van der Waals surface area contributed by atoms with Crippen molar-refractivity contribution in [3.8, 4) is 17.2 Å². The number of benzene rings is 1. The monoisotopic (exact) mass is 372 g/mol. The van der Waals surface area contributed by atoms with Gasteiger partial charge in [-0.3, -0.25) is 4.79 Å². The lowest BCUT2D eigenvalue weighted by atomic mass is 10.1. The minimum absolute atomic E-state index is 0.0243. The lowest BCUT2D eigenvalue weighted by molar-refractivity contribution is 0.190. The molecule has 0 atom stereocenters. The highest BCUT2D eigenvalue weighted by Gasteiger charge is 2.16. The van der Waals surface area contributed by atoms with Crippen LogP contribution in [0.4, 0.5) is 9.18 Å². The fourth-order valence-corrected chi connectivity index (χ4v) is 2.19. The molecule has 1 aromatic carbocycles. The molecule has 0 saturated heterocycles. The molecule has 0 bridgehead atoms. The quantitative estimate of drug-likeness (QED) is 0.732. The van der Waals surface area contributed by atoms with E-state index in [1.54, 1.807) is 20.8 Å². The Balaban J connectivity index is 1.82. The third-order valence-electron chi connectivity index (χ3n) is 3.26. The van der Waals surface area contributed by atoms with Gasteiger partial charge in [-0.05, 0) is 32.9 Å². The zero-order valence-corrected chi connectivity index (χ0v) is 14.9. The second-order valence-electron chi connectivity index (χ2n) is 6.71. The molecule has 2 heterocycles. The first kappa shape index (κ1) is 18.3. The van der Waals surface area contributed by atoms with E-state index < -0.39 is 23.0 Å². The Morgan fingerprint density at radius 2 is 1.96 bits per heavy atom. The molecule has 9 heteroatoms. The summed E-state index contributed by atoms with van der Waals surface area (Å²) >= 11 is 0. The average molecular weight is 372 g/mol. The van der Waals surface area contributed by atoms with Crippen LogP contribution in [0.5, 0.6) is 17.2 Å². The van der Waals surface area contributed by atoms with E-state index in [-0.39, 0.29) is 28.4 Å². The molecule has 140 valence electrons. The predicted octanol–water partition coefficient (Wildman–Crippen LogP) is 3.14. The lowest BCUT2D eigenvalue weighted by Crippen LogP contribution is -2.42. The number of nitrogens with zero attached hydrogens (tertiary/aromatic N) is 2. The minimum Gasteiger partial charge on any atom is -0.452 e. The van der Waals surface area contributed by atoms with Gasteiger partial charge in [0.2, 0.25) is 0 Å². The van der Waals surface area contributed by atoms with Crippen LogP contribution in [0.25, 0.3) is 11.2 Å². The Kier molecular flexibility index (Phi) is 4.76. The topological polar surface area (TPSA) is 106 Å². The Morgan fingerprint density at radius 3 is 2.67 bits per heavy atom. The number of halogens is 1. The van der Waals surface area contributed by atoms with Crippen molar-refractivity contribution in [3.63, 3.8) is 0 Å². The fourth-order valence-electron chi connectivity index (χ4n) is 2.19. The van der Waals surface area contributed by atoms with Crippen LogP contribution in [0.2, 0.25) is 0 Å². The summed E-state index contributed by atoms with van der Waals surface area (Å²) in [6.07, 6.45) is 1.82. The van der Waals surface area contributed by atoms with Crippen LogP contribution in [-0.4, -0.2) is 26.6 Å². The second kappa shape index (κ2) is 7.02. The fraction of sp³-hybridized carbons (Fsp3) is 0.222. The second-order valence-corrected chi connectivity index (χ2v) is 6.71. The zero-order valence-electron chi connectivity index (χ0n) is 14.9. The summed E-state index contributed by atoms with van der Waals surface area (Å²) in [6.45, 7) is 5.39. The van der Waals surface area contributed by atoms with E-state index in [1.807, 2.05) is 0 Å². The van der Waals surface area contributed by atoms with Crippen molar-refractivity contribution >= 4 is 17.3 Å². The Bertz CT molecular complexity index is 1060. The van der Waals surface area contributed by atoms with Crippen molar-refractivity contribution in [2.45, 2.75) is 26.3 Å². The van der Waals surface area contributed by atoms with Gasteiger partial charge in [-0.15, -0.1) is 0 Å². The summed E-state index contributed by atoms with van der Waals surface area (Å²) in [4.78, 5) is 33.7. The molecule has 0 fully saturated rings. The molecule has 2 aromatic heterocycles. The molecule has 3 aromatic rings. The van der Waals surface area contributed by atoms with Crippen molar-refractivity contribution in [1.29, 1.82) is 0 Å². The van der Waals surface area contributed by atoms with Crippen molar-refractivity contribution in [1.82, 2.24) is 20.3 Å². The number of aromatic nitrogens is 3. The maximum absolute atomic E-state index is 14.4. The number of rotatable bonds is 3. The van der Waals surface area contributed by atoms with Gasteiger partial charge in [0.15, 0.2) is 23.0 Å². The van der Waals surface area contributed by atoms with Gasteiger partial charge in [-0.25, -0.2) is 19.2 Å². The Hall–Kier alpha value is -3.49. The highest BCUT2D eigenvalue weighted by molar-refractivity contribution is 5.77. The summed E-state index contributed by atoms with van der Waals surface area (Å²) in [5, 5.41) is 2.60. The molecule has 3 rings (SSSR count). The number of hydrogen-bond acceptors (Lipinski definition) is 6. The highest BCUT2D eigenvalue weighted by Crippen LogP contribution is 2.30. The van der Waals surface area contributed by atoms with E-state index in [2.05, 4.69) is 20.3 Å². The minimum atomic E-state index is -0.743. The maximum atomic E-state index is 14.4. The number of hydrogen-bond donors (Lipinski definition) is 2. The standard InChI is InChI=1S/C18H17FN4O4/c1-18(2,3)23-17(25)26-10-4-5-12(11(19)8-10)27-13-6-7-20-16-15(13)22-14(24)9-21-16/h4-9H,1-3H3,(H,22,24)(H,23,25). The van der Waals surface area contributed by atoms with E-state index in [9.17, 15) is 14.0 Å². The molecular formula is C18H17FN4O4. The summed E-state index contributed by atoms with van der Waals surface area (Å²) in [7, 11) is 0. The first-order valence-corrected chi connectivity index (χ1v) is 8.03. The number of nitrogens with one attached hydrogen (secondary N) is 2. The smallest absolute Gasteiger partial charge is 0.413 e. The van der Waals surface area contributed by atoms with Crippen LogP contribution in [0, 0.1) is 5.82 Å². The SMILES string of the molecule is CC(C)(C)NC(=O)Oc1ccc(Oc2ccnc3ncc(=O)[nH]c23)c(F)c1.